The van der Waals surface area contributed by atoms with E-state index >= 15 is 0 Å². The Kier molecular flexibility index (Phi) is 12.3. The van der Waals surface area contributed by atoms with Crippen LogP contribution in [-0.2, 0) is 19.1 Å². The zero-order chi connectivity index (χ0) is 35.3. The highest BCUT2D eigenvalue weighted by atomic mass is 16.6. The third-order valence-corrected chi connectivity index (χ3v) is 10.3. The van der Waals surface area contributed by atoms with Crippen LogP contribution in [0.4, 0.5) is 0 Å². The van der Waals surface area contributed by atoms with Gasteiger partial charge in [-0.2, -0.15) is 0 Å². The van der Waals surface area contributed by atoms with E-state index in [-0.39, 0.29) is 28.8 Å². The summed E-state index contributed by atoms with van der Waals surface area (Å²) in [5, 5.41) is 21.4. The van der Waals surface area contributed by atoms with Gasteiger partial charge in [0.1, 0.15) is 11.7 Å². The Morgan fingerprint density at radius 1 is 0.851 bits per heavy atom. The quantitative estimate of drug-likeness (QED) is 0.0685. The summed E-state index contributed by atoms with van der Waals surface area (Å²) in [6.07, 6.45) is 24.9. The smallest absolute Gasteiger partial charge is 0.293 e. The third-order valence-electron chi connectivity index (χ3n) is 10.3. The Morgan fingerprint density at radius 2 is 1.45 bits per heavy atom. The van der Waals surface area contributed by atoms with Gasteiger partial charge in [-0.15, -0.1) is 0 Å². The fourth-order valence-corrected chi connectivity index (χ4v) is 7.89. The number of hydrogen-bond acceptors (Lipinski definition) is 6. The topological polar surface area (TPSA) is 96.4 Å². The molecule has 6 heteroatoms. The SMILES string of the molecule is CC(/C=C/C=C(\C)C/C=C1/C(C)(C)C[C@H](OC=O)C[C@@]1(C)O)=C\C=C\C=C(C)\C=C\C=C(/C)C(=O)C[C@@]12O[C@]1(C)C[C@@H](O)CC2(C)C. The summed E-state index contributed by atoms with van der Waals surface area (Å²) in [5.41, 5.74) is 2.60. The van der Waals surface area contributed by atoms with Gasteiger partial charge in [-0.25, -0.2) is 0 Å². The van der Waals surface area contributed by atoms with E-state index in [1.165, 1.54) is 5.57 Å². The molecule has 0 amide bonds. The van der Waals surface area contributed by atoms with E-state index in [2.05, 4.69) is 65.8 Å². The van der Waals surface area contributed by atoms with E-state index < -0.39 is 16.8 Å². The second kappa shape index (κ2) is 15.0. The zero-order valence-corrected chi connectivity index (χ0v) is 30.4. The van der Waals surface area contributed by atoms with Crippen molar-refractivity contribution in [2.45, 2.75) is 137 Å². The number of hydrogen-bond donors (Lipinski definition) is 2. The van der Waals surface area contributed by atoms with Crippen LogP contribution in [0.5, 0.6) is 0 Å². The Hall–Kier alpha value is -3.06. The van der Waals surface area contributed by atoms with Crippen molar-refractivity contribution in [2.75, 3.05) is 0 Å². The average Bonchev–Trinajstić information content (AvgIpc) is 3.54. The zero-order valence-electron chi connectivity index (χ0n) is 30.4. The molecule has 0 radical (unpaired) electrons. The fraction of sp³-hybridized carbons (Fsp3) is 0.561. The summed E-state index contributed by atoms with van der Waals surface area (Å²) in [6, 6.07) is 0. The summed E-state index contributed by atoms with van der Waals surface area (Å²) >= 11 is 0. The first kappa shape index (κ1) is 38.4. The number of allylic oxidation sites excluding steroid dienone is 15. The molecule has 0 aromatic rings. The van der Waals surface area contributed by atoms with Gasteiger partial charge in [-0.05, 0) is 82.8 Å². The standard InChI is InChI=1S/C41H58O6/c1-29(17-13-18-31(3)21-22-36-37(5,6)25-34(46-28-42)26-39(36,9)45)15-11-12-16-30(2)19-14-20-32(4)35(44)27-41-38(7,8)23-33(43)24-40(41,10)47-41/h11-20,22,28,33-34,43,45H,21,23-27H2,1-10H3/b12-11+,17-13+,19-14+,29-15+,30-16+,31-18+,32-20+,36-22-/t33-,34-,39+,40+,41-/m0/s1. The minimum absolute atomic E-state index is 0.0852. The first-order valence-electron chi connectivity index (χ1n) is 16.9. The van der Waals surface area contributed by atoms with Gasteiger partial charge in [-0.1, -0.05) is 111 Å². The van der Waals surface area contributed by atoms with Gasteiger partial charge in [0, 0.05) is 19.3 Å². The lowest BCUT2D eigenvalue weighted by atomic mass is 9.61. The predicted molar refractivity (Wildman–Crippen MR) is 191 cm³/mol. The first-order chi connectivity index (χ1) is 21.8. The Labute approximate surface area is 283 Å². The molecule has 3 aliphatic rings. The van der Waals surface area contributed by atoms with Crippen LogP contribution in [0.1, 0.15) is 108 Å². The maximum atomic E-state index is 13.1. The number of carbonyl (C=O) groups excluding carboxylic acids is 2. The molecule has 6 nitrogen and oxygen atoms in total. The summed E-state index contributed by atoms with van der Waals surface area (Å²) in [5.74, 6) is 0.0852. The van der Waals surface area contributed by atoms with E-state index in [1.54, 1.807) is 6.92 Å². The number of aliphatic hydroxyl groups excluding tert-OH is 1. The second-order valence-corrected chi connectivity index (χ2v) is 15.7. The molecule has 2 N–H and O–H groups in total. The first-order valence-corrected chi connectivity index (χ1v) is 16.9. The number of carbonyl (C=O) groups is 2. The van der Waals surface area contributed by atoms with Gasteiger partial charge < -0.3 is 19.7 Å². The van der Waals surface area contributed by atoms with Crippen molar-refractivity contribution in [1.82, 2.24) is 0 Å². The van der Waals surface area contributed by atoms with Crippen LogP contribution in [0.15, 0.2) is 94.7 Å². The van der Waals surface area contributed by atoms with Crippen LogP contribution >= 0.6 is 0 Å². The number of epoxide rings is 1. The van der Waals surface area contributed by atoms with Gasteiger partial charge in [0.2, 0.25) is 0 Å². The van der Waals surface area contributed by atoms with Crippen LogP contribution in [0.3, 0.4) is 0 Å². The predicted octanol–water partition coefficient (Wildman–Crippen LogP) is 8.54. The number of ether oxygens (including phenoxy) is 2. The Morgan fingerprint density at radius 3 is 2.00 bits per heavy atom. The third kappa shape index (κ3) is 9.52. The molecule has 1 saturated heterocycles. The van der Waals surface area contributed by atoms with Gasteiger partial charge in [0.05, 0.1) is 17.3 Å². The lowest BCUT2D eigenvalue weighted by Gasteiger charge is -2.45. The van der Waals surface area contributed by atoms with Gasteiger partial charge in [0.25, 0.3) is 6.47 Å². The van der Waals surface area contributed by atoms with Gasteiger partial charge >= 0.3 is 0 Å². The minimum atomic E-state index is -1.01. The minimum Gasteiger partial charge on any atom is -0.464 e. The molecule has 3 rings (SSSR count). The van der Waals surface area contributed by atoms with Crippen LogP contribution in [-0.4, -0.2) is 51.5 Å². The van der Waals surface area contributed by atoms with E-state index in [1.807, 2.05) is 63.3 Å². The molecule has 47 heavy (non-hydrogen) atoms. The molecule has 3 fully saturated rings. The molecule has 1 heterocycles. The lowest BCUT2D eigenvalue weighted by molar-refractivity contribution is -0.140. The van der Waals surface area contributed by atoms with Crippen molar-refractivity contribution in [3.05, 3.63) is 94.7 Å². The van der Waals surface area contributed by atoms with Crippen LogP contribution in [0.25, 0.3) is 0 Å². The van der Waals surface area contributed by atoms with Crippen molar-refractivity contribution in [1.29, 1.82) is 0 Å². The Bertz CT molecular complexity index is 1400. The van der Waals surface area contributed by atoms with Gasteiger partial charge in [-0.3, -0.25) is 9.59 Å². The highest BCUT2D eigenvalue weighted by molar-refractivity contribution is 5.96. The number of rotatable bonds is 13. The van der Waals surface area contributed by atoms with E-state index in [0.717, 1.165) is 23.1 Å². The molecule has 2 aliphatic carbocycles. The number of aliphatic hydroxyl groups is 2. The lowest BCUT2D eigenvalue weighted by Crippen LogP contribution is -2.48. The van der Waals surface area contributed by atoms with Crippen molar-refractivity contribution in [3.63, 3.8) is 0 Å². The summed E-state index contributed by atoms with van der Waals surface area (Å²) in [6.45, 7) is 20.7. The van der Waals surface area contributed by atoms with Crippen molar-refractivity contribution in [3.8, 4) is 0 Å². The second-order valence-electron chi connectivity index (χ2n) is 15.7. The monoisotopic (exact) mass is 646 g/mol. The average molecular weight is 647 g/mol. The molecule has 0 bridgehead atoms. The summed E-state index contributed by atoms with van der Waals surface area (Å²) in [4.78, 5) is 23.9. The van der Waals surface area contributed by atoms with Crippen molar-refractivity contribution in [2.24, 2.45) is 10.8 Å². The van der Waals surface area contributed by atoms with E-state index in [0.29, 0.717) is 44.1 Å². The molecule has 0 aromatic carbocycles. The maximum Gasteiger partial charge on any atom is 0.293 e. The number of ketones is 1. The highest BCUT2D eigenvalue weighted by Gasteiger charge is 2.76. The molecule has 0 aromatic heterocycles. The largest absolute Gasteiger partial charge is 0.464 e. The summed E-state index contributed by atoms with van der Waals surface area (Å²) in [7, 11) is 0. The fourth-order valence-electron chi connectivity index (χ4n) is 7.89. The molecule has 258 valence electrons. The molecule has 5 atom stereocenters. The van der Waals surface area contributed by atoms with E-state index in [9.17, 15) is 19.8 Å². The van der Waals surface area contributed by atoms with Crippen LogP contribution in [0, 0.1) is 10.8 Å². The van der Waals surface area contributed by atoms with Crippen molar-refractivity contribution < 1.29 is 29.3 Å². The Balaban J connectivity index is 1.50. The number of Topliss-reactive ketones (excluding diaryl/α,β-unsaturated/α-hetero) is 1. The molecular weight excluding hydrogens is 588 g/mol. The van der Waals surface area contributed by atoms with Crippen molar-refractivity contribution >= 4 is 12.3 Å². The van der Waals surface area contributed by atoms with E-state index in [4.69, 9.17) is 9.47 Å². The maximum absolute atomic E-state index is 13.1. The molecule has 0 unspecified atom stereocenters. The molecular formula is C41H58O6. The normalized spacial score (nSPS) is 33.9. The van der Waals surface area contributed by atoms with Gasteiger partial charge in [0.15, 0.2) is 5.78 Å². The molecule has 2 saturated carbocycles. The van der Waals surface area contributed by atoms with Crippen LogP contribution < -0.4 is 0 Å². The summed E-state index contributed by atoms with van der Waals surface area (Å²) < 4.78 is 11.4. The molecule has 1 aliphatic heterocycles. The number of fused-ring (bicyclic) bond motifs is 1. The van der Waals surface area contributed by atoms with Crippen LogP contribution in [0.2, 0.25) is 0 Å². The molecule has 0 spiro atoms. The highest BCUT2D eigenvalue weighted by Crippen LogP contribution is 2.67.